The van der Waals surface area contributed by atoms with Gasteiger partial charge in [-0.25, -0.2) is 35.2 Å². The van der Waals surface area contributed by atoms with E-state index in [2.05, 4.69) is 9.44 Å². The van der Waals surface area contributed by atoms with Crippen molar-refractivity contribution in [2.24, 2.45) is 0 Å². The van der Waals surface area contributed by atoms with Crippen LogP contribution in [0.2, 0.25) is 0 Å². The average molecular weight is 931 g/mol. The minimum Gasteiger partial charge on any atom is -0.490 e. The van der Waals surface area contributed by atoms with Gasteiger partial charge in [0.25, 0.3) is 20.0 Å². The zero-order valence-electron chi connectivity index (χ0n) is 32.8. The Morgan fingerprint density at radius 2 is 0.922 bits per heavy atom. The van der Waals surface area contributed by atoms with Crippen LogP contribution in [0.25, 0.3) is 0 Å². The molecule has 0 aliphatic heterocycles. The van der Waals surface area contributed by atoms with Gasteiger partial charge in [0.1, 0.15) is 66.0 Å². The molecular weight excluding hydrogens is 896 g/mol. The summed E-state index contributed by atoms with van der Waals surface area (Å²) in [6.07, 6.45) is -4.85. The summed E-state index contributed by atoms with van der Waals surface area (Å²) in [6, 6.07) is 29.6. The monoisotopic (exact) mass is 930 g/mol. The van der Waals surface area contributed by atoms with Gasteiger partial charge in [0.2, 0.25) is 0 Å². The van der Waals surface area contributed by atoms with E-state index in [1.807, 2.05) is 0 Å². The largest absolute Gasteiger partial charge is 0.490 e. The lowest BCUT2D eigenvalue weighted by atomic mass is 10.2. The summed E-state index contributed by atoms with van der Waals surface area (Å²) in [5, 5.41) is 17.8. The number of hydrogen-bond acceptors (Lipinski definition) is 10. The molecule has 0 aliphatic rings. The number of anilines is 2. The van der Waals surface area contributed by atoms with Crippen molar-refractivity contribution in [3.05, 3.63) is 168 Å². The molecule has 0 aliphatic carbocycles. The molecule has 6 rings (SSSR count). The molecule has 0 unspecified atom stereocenters. The summed E-state index contributed by atoms with van der Waals surface area (Å²) in [4.78, 5) is 20.1. The van der Waals surface area contributed by atoms with Gasteiger partial charge in [0.15, 0.2) is 0 Å². The molecule has 0 radical (unpaired) electrons. The lowest BCUT2D eigenvalue weighted by Crippen LogP contribution is -2.19. The molecule has 6 aromatic rings. The molecule has 6 aromatic carbocycles. The average Bonchev–Trinajstić information content (AvgIpc) is 3.25. The van der Waals surface area contributed by atoms with Gasteiger partial charge in [0.05, 0.1) is 33.0 Å². The number of carboxylic acids is 2. The predicted molar refractivity (Wildman–Crippen MR) is 221 cm³/mol. The zero-order valence-corrected chi connectivity index (χ0v) is 34.4. The van der Waals surface area contributed by atoms with Crippen molar-refractivity contribution in [3.63, 3.8) is 0 Å². The molecule has 336 valence electrons. The highest BCUT2D eigenvalue weighted by atomic mass is 32.2. The summed E-state index contributed by atoms with van der Waals surface area (Å²) in [7, 11) is -8.88. The van der Waals surface area contributed by atoms with E-state index < -0.39 is 65.2 Å². The van der Waals surface area contributed by atoms with Crippen LogP contribution >= 0.6 is 0 Å². The minimum absolute atomic E-state index is 0.0153. The molecule has 0 saturated carbocycles. The summed E-state index contributed by atoms with van der Waals surface area (Å²) < 4.78 is 143. The van der Waals surface area contributed by atoms with Crippen LogP contribution < -0.4 is 28.4 Å². The van der Waals surface area contributed by atoms with Crippen molar-refractivity contribution in [1.29, 1.82) is 0 Å². The molecule has 0 saturated heterocycles. The Labute approximate surface area is 362 Å². The predicted octanol–water partition coefficient (Wildman–Crippen LogP) is 8.58. The number of halogens is 5. The van der Waals surface area contributed by atoms with Crippen LogP contribution in [0.1, 0.15) is 26.3 Å². The van der Waals surface area contributed by atoms with Gasteiger partial charge in [-0.1, -0.05) is 36.4 Å². The summed E-state index contributed by atoms with van der Waals surface area (Å²) in [5.74, 6) is -3.10. The van der Waals surface area contributed by atoms with E-state index in [0.29, 0.717) is 23.6 Å². The summed E-state index contributed by atoms with van der Waals surface area (Å²) in [5.41, 5.74) is -1.02. The van der Waals surface area contributed by atoms with Crippen LogP contribution in [0.4, 0.5) is 33.3 Å². The number of carboxylic acid groups (broad SMARTS) is 2. The van der Waals surface area contributed by atoms with Crippen molar-refractivity contribution < 1.29 is 77.5 Å². The van der Waals surface area contributed by atoms with Crippen molar-refractivity contribution >= 4 is 43.4 Å². The number of carbonyl (C=O) groups is 2. The van der Waals surface area contributed by atoms with Gasteiger partial charge in [-0.15, -0.1) is 0 Å². The standard InChI is InChI=1S/C22H18F3NO6S.C21H17F2NO6S/c23-22(24,25)17-5-1-4-8-20(17)33(29,30)26-18-6-2-3-7-19(18)32-14-13-31-16-11-9-15(10-12-16)21(27)28;22-15-7-10-20(17(23)13-15)31(27,28)24-18-3-1-2-4-19(18)30-12-11-29-16-8-5-14(6-9-16)21(25)26/h1-12,26H,13-14H2,(H,27,28);1-10,13,24H,11-12H2,(H,25,26). The third-order valence-electron chi connectivity index (χ3n) is 8.35. The first-order valence-electron chi connectivity index (χ1n) is 18.4. The normalized spacial score (nSPS) is 11.3. The Morgan fingerprint density at radius 3 is 1.36 bits per heavy atom. The summed E-state index contributed by atoms with van der Waals surface area (Å²) in [6.45, 7) is 0.174. The van der Waals surface area contributed by atoms with Gasteiger partial charge in [-0.3, -0.25) is 9.44 Å². The fourth-order valence-corrected chi connectivity index (χ4v) is 7.82. The van der Waals surface area contributed by atoms with Gasteiger partial charge >= 0.3 is 18.1 Å². The number of benzene rings is 6. The Balaban J connectivity index is 0.000000241. The Bertz CT molecular complexity index is 2790. The van der Waals surface area contributed by atoms with Crippen molar-refractivity contribution in [2.45, 2.75) is 16.0 Å². The van der Waals surface area contributed by atoms with Crippen LogP contribution in [-0.2, 0) is 26.2 Å². The second-order valence-corrected chi connectivity index (χ2v) is 16.1. The molecule has 0 atom stereocenters. The van der Waals surface area contributed by atoms with Gasteiger partial charge in [-0.05, 0) is 97.1 Å². The highest BCUT2D eigenvalue weighted by molar-refractivity contribution is 7.93. The molecule has 4 N–H and O–H groups in total. The number of nitrogens with one attached hydrogen (secondary N) is 2. The first-order valence-corrected chi connectivity index (χ1v) is 21.3. The number of alkyl halides is 3. The highest BCUT2D eigenvalue weighted by Gasteiger charge is 2.37. The van der Waals surface area contributed by atoms with E-state index in [1.54, 1.807) is 18.2 Å². The molecule has 0 fully saturated rings. The Hall–Kier alpha value is -7.39. The number of para-hydroxylation sites is 4. The molecule has 14 nitrogen and oxygen atoms in total. The smallest absolute Gasteiger partial charge is 0.417 e. The second-order valence-electron chi connectivity index (χ2n) is 12.8. The molecule has 0 aromatic heterocycles. The lowest BCUT2D eigenvalue weighted by molar-refractivity contribution is -0.139. The van der Waals surface area contributed by atoms with Gasteiger partial charge in [-0.2, -0.15) is 13.2 Å². The first-order chi connectivity index (χ1) is 30.3. The molecule has 0 amide bonds. The molecule has 0 spiro atoms. The second kappa shape index (κ2) is 21.1. The molecule has 64 heavy (non-hydrogen) atoms. The van der Waals surface area contributed by atoms with Crippen LogP contribution in [0.5, 0.6) is 23.0 Å². The number of aromatic carboxylic acids is 2. The van der Waals surface area contributed by atoms with Crippen LogP contribution in [0, 0.1) is 11.6 Å². The summed E-state index contributed by atoms with van der Waals surface area (Å²) >= 11 is 0. The maximum absolute atomic E-state index is 13.9. The van der Waals surface area contributed by atoms with Crippen LogP contribution in [-0.4, -0.2) is 65.4 Å². The number of sulfonamides is 2. The Kier molecular flexibility index (Phi) is 15.7. The zero-order chi connectivity index (χ0) is 46.5. The minimum atomic E-state index is -4.85. The van der Waals surface area contributed by atoms with Crippen molar-refractivity contribution in [1.82, 2.24) is 0 Å². The maximum atomic E-state index is 13.9. The topological polar surface area (TPSA) is 204 Å². The van der Waals surface area contributed by atoms with Crippen molar-refractivity contribution in [3.8, 4) is 23.0 Å². The molecule has 0 heterocycles. The molecular formula is C43H35F5N2O12S2. The van der Waals surface area contributed by atoms with E-state index in [4.69, 9.17) is 29.2 Å². The van der Waals surface area contributed by atoms with Gasteiger partial charge in [0, 0.05) is 6.07 Å². The van der Waals surface area contributed by atoms with Crippen molar-refractivity contribution in [2.75, 3.05) is 35.9 Å². The molecule has 0 bridgehead atoms. The van der Waals surface area contributed by atoms with E-state index in [1.165, 1.54) is 84.9 Å². The van der Waals surface area contributed by atoms with Crippen LogP contribution in [0.3, 0.4) is 0 Å². The third kappa shape index (κ3) is 13.3. The SMILES string of the molecule is O=C(O)c1ccc(OCCOc2ccccc2NS(=O)(=O)c2ccc(F)cc2F)cc1.O=C(O)c1ccc(OCCOc2ccccc2NS(=O)(=O)c2ccccc2C(F)(F)F)cc1. The number of ether oxygens (including phenoxy) is 4. The first kappa shape index (κ1) is 47.7. The van der Waals surface area contributed by atoms with Gasteiger partial charge < -0.3 is 29.2 Å². The Morgan fingerprint density at radius 1 is 0.516 bits per heavy atom. The molecule has 21 heteroatoms. The lowest BCUT2D eigenvalue weighted by Gasteiger charge is -2.16. The van der Waals surface area contributed by atoms with E-state index >= 15 is 0 Å². The van der Waals surface area contributed by atoms with E-state index in [-0.39, 0.29) is 60.4 Å². The quantitative estimate of drug-likeness (QED) is 0.0473. The third-order valence-corrected chi connectivity index (χ3v) is 11.2. The van der Waals surface area contributed by atoms with E-state index in [9.17, 15) is 48.4 Å². The highest BCUT2D eigenvalue weighted by Crippen LogP contribution is 2.36. The van der Waals surface area contributed by atoms with Crippen LogP contribution in [0.15, 0.2) is 149 Å². The van der Waals surface area contributed by atoms with E-state index in [0.717, 1.165) is 24.3 Å². The fourth-order valence-electron chi connectivity index (χ4n) is 5.39. The maximum Gasteiger partial charge on any atom is 0.417 e. The number of rotatable bonds is 18. The fraction of sp³-hybridized carbons (Fsp3) is 0.116. The number of hydrogen-bond donors (Lipinski definition) is 4.